The molecule has 1 aromatic rings. The van der Waals surface area contributed by atoms with Crippen LogP contribution in [0.15, 0.2) is 6.07 Å². The average molecular weight is 228 g/mol. The molecule has 1 atom stereocenters. The van der Waals surface area contributed by atoms with E-state index in [-0.39, 0.29) is 6.10 Å². The number of rotatable bonds is 1. The zero-order chi connectivity index (χ0) is 9.97. The SMILES string of the molecule is Cc1cc(=S)nc(C2CSCCO2)[nH]1. The van der Waals surface area contributed by atoms with E-state index in [2.05, 4.69) is 9.97 Å². The van der Waals surface area contributed by atoms with Crippen LogP contribution in [0.2, 0.25) is 0 Å². The monoisotopic (exact) mass is 228 g/mol. The molecule has 5 heteroatoms. The number of aryl methyl sites for hydroxylation is 1. The van der Waals surface area contributed by atoms with E-state index in [9.17, 15) is 0 Å². The first kappa shape index (κ1) is 10.1. The van der Waals surface area contributed by atoms with Gasteiger partial charge < -0.3 is 9.72 Å². The smallest absolute Gasteiger partial charge is 0.138 e. The summed E-state index contributed by atoms with van der Waals surface area (Å²) in [7, 11) is 0. The fraction of sp³-hybridized carbons (Fsp3) is 0.556. The van der Waals surface area contributed by atoms with Crippen LogP contribution >= 0.6 is 24.0 Å². The molecular weight excluding hydrogens is 216 g/mol. The van der Waals surface area contributed by atoms with Gasteiger partial charge in [0.15, 0.2) is 0 Å². The Bertz CT molecular complexity index is 371. The second-order valence-corrected chi connectivity index (χ2v) is 4.79. The molecule has 1 aliphatic heterocycles. The standard InChI is InChI=1S/C9H12N2OS2/c1-6-4-8(13)11-9(10-6)7-5-14-3-2-12-7/h4,7H,2-3,5H2,1H3,(H,10,11,13). The molecule has 1 fully saturated rings. The maximum atomic E-state index is 5.61. The molecule has 0 amide bonds. The molecule has 1 aliphatic rings. The quantitative estimate of drug-likeness (QED) is 0.748. The van der Waals surface area contributed by atoms with E-state index in [1.54, 1.807) is 0 Å². The van der Waals surface area contributed by atoms with Crippen LogP contribution < -0.4 is 0 Å². The Labute approximate surface area is 92.3 Å². The van der Waals surface area contributed by atoms with Gasteiger partial charge in [0, 0.05) is 17.2 Å². The number of nitrogens with one attached hydrogen (secondary N) is 1. The fourth-order valence-corrected chi connectivity index (χ4v) is 2.52. The van der Waals surface area contributed by atoms with Gasteiger partial charge in [-0.1, -0.05) is 12.2 Å². The summed E-state index contributed by atoms with van der Waals surface area (Å²) >= 11 is 6.95. The number of ether oxygens (including phenoxy) is 1. The molecule has 76 valence electrons. The third-order valence-corrected chi connectivity index (χ3v) is 3.22. The first-order valence-corrected chi connectivity index (χ1v) is 6.09. The molecule has 0 saturated carbocycles. The van der Waals surface area contributed by atoms with Gasteiger partial charge in [-0.3, -0.25) is 0 Å². The number of hydrogen-bond donors (Lipinski definition) is 1. The van der Waals surface area contributed by atoms with Crippen molar-refractivity contribution in [1.82, 2.24) is 9.97 Å². The Kier molecular flexibility index (Phi) is 3.20. The van der Waals surface area contributed by atoms with Gasteiger partial charge in [-0.05, 0) is 13.0 Å². The van der Waals surface area contributed by atoms with Crippen LogP contribution in [-0.2, 0) is 4.74 Å². The van der Waals surface area contributed by atoms with Crippen molar-refractivity contribution in [1.29, 1.82) is 0 Å². The average Bonchev–Trinajstić information content (AvgIpc) is 2.18. The molecule has 1 aromatic heterocycles. The maximum absolute atomic E-state index is 5.61. The van der Waals surface area contributed by atoms with Crippen LogP contribution in [0.4, 0.5) is 0 Å². The van der Waals surface area contributed by atoms with Gasteiger partial charge in [0.2, 0.25) is 0 Å². The van der Waals surface area contributed by atoms with E-state index in [0.29, 0.717) is 4.64 Å². The Morgan fingerprint density at radius 1 is 1.71 bits per heavy atom. The van der Waals surface area contributed by atoms with E-state index >= 15 is 0 Å². The lowest BCUT2D eigenvalue weighted by molar-refractivity contribution is 0.0692. The zero-order valence-electron chi connectivity index (χ0n) is 7.95. The van der Waals surface area contributed by atoms with Crippen LogP contribution in [0.5, 0.6) is 0 Å². The van der Waals surface area contributed by atoms with Crippen LogP contribution in [0, 0.1) is 11.6 Å². The minimum Gasteiger partial charge on any atom is -0.369 e. The van der Waals surface area contributed by atoms with E-state index < -0.39 is 0 Å². The Morgan fingerprint density at radius 2 is 2.57 bits per heavy atom. The lowest BCUT2D eigenvalue weighted by atomic mass is 10.3. The lowest BCUT2D eigenvalue weighted by Gasteiger charge is -2.21. The highest BCUT2D eigenvalue weighted by Gasteiger charge is 2.18. The summed E-state index contributed by atoms with van der Waals surface area (Å²) < 4.78 is 6.25. The van der Waals surface area contributed by atoms with E-state index in [1.807, 2.05) is 24.8 Å². The third-order valence-electron chi connectivity index (χ3n) is 2.02. The highest BCUT2D eigenvalue weighted by Crippen LogP contribution is 2.23. The van der Waals surface area contributed by atoms with Gasteiger partial charge in [0.1, 0.15) is 16.6 Å². The van der Waals surface area contributed by atoms with Gasteiger partial charge >= 0.3 is 0 Å². The molecule has 2 heterocycles. The van der Waals surface area contributed by atoms with Crippen molar-refractivity contribution >= 4 is 24.0 Å². The molecule has 14 heavy (non-hydrogen) atoms. The molecule has 0 aromatic carbocycles. The van der Waals surface area contributed by atoms with Gasteiger partial charge in [0.25, 0.3) is 0 Å². The Hall–Kier alpha value is -0.390. The molecule has 2 rings (SSSR count). The van der Waals surface area contributed by atoms with E-state index in [0.717, 1.165) is 29.6 Å². The number of thioether (sulfide) groups is 1. The topological polar surface area (TPSA) is 37.9 Å². The molecular formula is C9H12N2OS2. The van der Waals surface area contributed by atoms with Gasteiger partial charge in [-0.15, -0.1) is 0 Å². The molecule has 0 spiro atoms. The maximum Gasteiger partial charge on any atom is 0.138 e. The third kappa shape index (κ3) is 2.34. The molecule has 0 bridgehead atoms. The van der Waals surface area contributed by atoms with Crippen LogP contribution in [-0.4, -0.2) is 28.1 Å². The molecule has 0 radical (unpaired) electrons. The van der Waals surface area contributed by atoms with Crippen molar-refractivity contribution in [3.8, 4) is 0 Å². The van der Waals surface area contributed by atoms with Crippen LogP contribution in [0.3, 0.4) is 0 Å². The predicted octanol–water partition coefficient (Wildman–Crippen LogP) is 2.25. The van der Waals surface area contributed by atoms with Gasteiger partial charge in [-0.25, -0.2) is 4.98 Å². The number of aromatic amines is 1. The second kappa shape index (κ2) is 4.42. The first-order chi connectivity index (χ1) is 6.75. The summed E-state index contributed by atoms with van der Waals surface area (Å²) in [4.78, 5) is 7.48. The van der Waals surface area contributed by atoms with Crippen molar-refractivity contribution < 1.29 is 4.74 Å². The lowest BCUT2D eigenvalue weighted by Crippen LogP contribution is -2.18. The highest BCUT2D eigenvalue weighted by atomic mass is 32.2. The summed E-state index contributed by atoms with van der Waals surface area (Å²) in [5.74, 6) is 2.90. The number of aromatic nitrogens is 2. The minimum absolute atomic E-state index is 0.0790. The van der Waals surface area contributed by atoms with Crippen LogP contribution in [0.1, 0.15) is 17.6 Å². The van der Waals surface area contributed by atoms with Gasteiger partial charge in [0.05, 0.1) is 6.61 Å². The Balaban J connectivity index is 2.26. The highest BCUT2D eigenvalue weighted by molar-refractivity contribution is 7.99. The van der Waals surface area contributed by atoms with Gasteiger partial charge in [-0.2, -0.15) is 11.8 Å². The summed E-state index contributed by atoms with van der Waals surface area (Å²) in [6.45, 7) is 2.78. The summed E-state index contributed by atoms with van der Waals surface area (Å²) in [5.41, 5.74) is 1.04. The Morgan fingerprint density at radius 3 is 3.21 bits per heavy atom. The number of hydrogen-bond acceptors (Lipinski definition) is 4. The first-order valence-electron chi connectivity index (χ1n) is 4.53. The number of nitrogens with zero attached hydrogens (tertiary/aromatic N) is 1. The number of H-pyrrole nitrogens is 1. The molecule has 0 aliphatic carbocycles. The summed E-state index contributed by atoms with van der Waals surface area (Å²) in [5, 5.41) is 0. The van der Waals surface area contributed by atoms with Crippen molar-refractivity contribution in [3.05, 3.63) is 22.2 Å². The molecule has 1 unspecified atom stereocenters. The van der Waals surface area contributed by atoms with E-state index in [4.69, 9.17) is 17.0 Å². The van der Waals surface area contributed by atoms with Crippen LogP contribution in [0.25, 0.3) is 0 Å². The predicted molar refractivity (Wildman–Crippen MR) is 60.2 cm³/mol. The molecule has 1 N–H and O–H groups in total. The van der Waals surface area contributed by atoms with Crippen molar-refractivity contribution in [2.45, 2.75) is 13.0 Å². The largest absolute Gasteiger partial charge is 0.369 e. The summed E-state index contributed by atoms with van der Waals surface area (Å²) in [6.07, 6.45) is 0.0790. The zero-order valence-corrected chi connectivity index (χ0v) is 9.58. The fourth-order valence-electron chi connectivity index (χ4n) is 1.40. The van der Waals surface area contributed by atoms with Crippen molar-refractivity contribution in [2.24, 2.45) is 0 Å². The summed E-state index contributed by atoms with van der Waals surface area (Å²) in [6, 6.07) is 1.86. The van der Waals surface area contributed by atoms with Crippen molar-refractivity contribution in [2.75, 3.05) is 18.1 Å². The minimum atomic E-state index is 0.0790. The molecule has 3 nitrogen and oxygen atoms in total. The normalized spacial score (nSPS) is 22.2. The molecule has 1 saturated heterocycles. The van der Waals surface area contributed by atoms with E-state index in [1.165, 1.54) is 0 Å². The second-order valence-electron chi connectivity index (χ2n) is 3.22. The van der Waals surface area contributed by atoms with Crippen molar-refractivity contribution in [3.63, 3.8) is 0 Å².